The maximum Gasteiger partial charge on any atom is 0.337 e. The topological polar surface area (TPSA) is 99.5 Å². The van der Waals surface area contributed by atoms with Gasteiger partial charge in [0.2, 0.25) is 5.91 Å². The number of carbonyl (C=O) groups is 2. The molecular formula is C20H21N3O5S. The summed E-state index contributed by atoms with van der Waals surface area (Å²) >= 11 is 1.14. The first-order valence-corrected chi connectivity index (χ1v) is 10.1. The third kappa shape index (κ3) is 4.96. The predicted octanol–water partition coefficient (Wildman–Crippen LogP) is 1.20. The number of carbonyl (C=O) groups excluding carboxylic acids is 2. The molecule has 0 saturated carbocycles. The van der Waals surface area contributed by atoms with E-state index >= 15 is 0 Å². The van der Waals surface area contributed by atoms with Gasteiger partial charge in [0.05, 0.1) is 48.5 Å². The number of hydrogen-bond donors (Lipinski definition) is 1. The van der Waals surface area contributed by atoms with Crippen LogP contribution in [0.25, 0.3) is 10.9 Å². The van der Waals surface area contributed by atoms with Crippen LogP contribution in [0.4, 0.5) is 0 Å². The Balaban J connectivity index is 1.98. The maximum absolute atomic E-state index is 13.1. The van der Waals surface area contributed by atoms with E-state index in [4.69, 9.17) is 15.9 Å². The number of ether oxygens (including phenoxy) is 2. The monoisotopic (exact) mass is 415 g/mol. The molecule has 2 heterocycles. The minimum atomic E-state index is -0.514. The molecule has 0 radical (unpaired) electrons. The molecule has 1 atom stereocenters. The standard InChI is InChI=1S/C20H21N3O5S/c1-3-8-21-17(24)12-29-20-22-16-10-13(19(26)27-2)6-7-15(16)18(25)23(20)11-14-5-4-9-28-14/h1,6-7,10,14H,4-5,8-9,11-12H2,2H3,(H,21,24)/t14-/m0/s1. The fourth-order valence-corrected chi connectivity index (χ4v) is 3.88. The van der Waals surface area contributed by atoms with Crippen LogP contribution >= 0.6 is 11.8 Å². The van der Waals surface area contributed by atoms with Crippen molar-refractivity contribution in [1.29, 1.82) is 0 Å². The average Bonchev–Trinajstić information content (AvgIpc) is 3.25. The normalized spacial score (nSPS) is 15.8. The molecule has 0 spiro atoms. The number of rotatable bonds is 7. The minimum Gasteiger partial charge on any atom is -0.465 e. The zero-order chi connectivity index (χ0) is 20.8. The van der Waals surface area contributed by atoms with Gasteiger partial charge in [-0.2, -0.15) is 0 Å². The summed E-state index contributed by atoms with van der Waals surface area (Å²) < 4.78 is 11.9. The molecule has 1 aromatic carbocycles. The summed E-state index contributed by atoms with van der Waals surface area (Å²) in [6.45, 7) is 1.16. The first-order valence-electron chi connectivity index (χ1n) is 9.11. The van der Waals surface area contributed by atoms with E-state index in [1.807, 2.05) is 0 Å². The van der Waals surface area contributed by atoms with Crippen molar-refractivity contribution in [3.8, 4) is 12.3 Å². The lowest BCUT2D eigenvalue weighted by Gasteiger charge is -2.16. The number of esters is 1. The molecule has 1 N–H and O–H groups in total. The fraction of sp³-hybridized carbons (Fsp3) is 0.400. The Kier molecular flexibility index (Phi) is 6.90. The van der Waals surface area contributed by atoms with Gasteiger partial charge in [-0.1, -0.05) is 17.7 Å². The quantitative estimate of drug-likeness (QED) is 0.314. The maximum atomic E-state index is 13.1. The first kappa shape index (κ1) is 20.9. The van der Waals surface area contributed by atoms with E-state index in [9.17, 15) is 14.4 Å². The summed E-state index contributed by atoms with van der Waals surface area (Å²) in [7, 11) is 1.29. The van der Waals surface area contributed by atoms with Gasteiger partial charge >= 0.3 is 5.97 Å². The summed E-state index contributed by atoms with van der Waals surface area (Å²) in [6, 6.07) is 4.62. The highest BCUT2D eigenvalue weighted by molar-refractivity contribution is 7.99. The van der Waals surface area contributed by atoms with Crippen LogP contribution in [-0.4, -0.2) is 53.5 Å². The number of aromatic nitrogens is 2. The molecule has 152 valence electrons. The predicted molar refractivity (Wildman–Crippen MR) is 109 cm³/mol. The Morgan fingerprint density at radius 1 is 1.48 bits per heavy atom. The summed E-state index contributed by atoms with van der Waals surface area (Å²) in [5, 5.41) is 3.35. The number of benzene rings is 1. The Bertz CT molecular complexity index is 1020. The Labute approximate surface area is 172 Å². The molecule has 1 saturated heterocycles. The van der Waals surface area contributed by atoms with Crippen LogP contribution in [0.15, 0.2) is 28.2 Å². The highest BCUT2D eigenvalue weighted by Crippen LogP contribution is 2.21. The number of nitrogens with zero attached hydrogens (tertiary/aromatic N) is 2. The van der Waals surface area contributed by atoms with E-state index in [0.717, 1.165) is 24.6 Å². The molecular weight excluding hydrogens is 394 g/mol. The van der Waals surface area contributed by atoms with Gasteiger partial charge in [0.25, 0.3) is 5.56 Å². The molecule has 1 aliphatic rings. The zero-order valence-electron chi connectivity index (χ0n) is 16.0. The van der Waals surface area contributed by atoms with Gasteiger partial charge in [-0.15, -0.1) is 6.42 Å². The molecule has 3 rings (SSSR count). The van der Waals surface area contributed by atoms with E-state index in [0.29, 0.717) is 34.8 Å². The van der Waals surface area contributed by atoms with Gasteiger partial charge in [0.15, 0.2) is 5.16 Å². The summed E-state index contributed by atoms with van der Waals surface area (Å²) in [6.07, 6.45) is 6.88. The summed E-state index contributed by atoms with van der Waals surface area (Å²) in [5.41, 5.74) is 0.424. The SMILES string of the molecule is C#CCNC(=O)CSc1nc2cc(C(=O)OC)ccc2c(=O)n1C[C@@H]1CCCO1. The lowest BCUT2D eigenvalue weighted by molar-refractivity contribution is -0.118. The lowest BCUT2D eigenvalue weighted by atomic mass is 10.1. The van der Waals surface area contributed by atoms with Crippen LogP contribution in [0.5, 0.6) is 0 Å². The average molecular weight is 415 g/mol. The second-order valence-electron chi connectivity index (χ2n) is 6.44. The Hall–Kier alpha value is -2.83. The molecule has 0 bridgehead atoms. The fourth-order valence-electron chi connectivity index (χ4n) is 3.04. The molecule has 0 aliphatic carbocycles. The van der Waals surface area contributed by atoms with E-state index < -0.39 is 5.97 Å². The first-order chi connectivity index (χ1) is 14.0. The van der Waals surface area contributed by atoms with E-state index in [2.05, 4.69) is 16.2 Å². The van der Waals surface area contributed by atoms with E-state index in [1.54, 1.807) is 6.07 Å². The van der Waals surface area contributed by atoms with Crippen molar-refractivity contribution in [3.05, 3.63) is 34.1 Å². The van der Waals surface area contributed by atoms with Crippen LogP contribution in [0, 0.1) is 12.3 Å². The number of methoxy groups -OCH3 is 1. The van der Waals surface area contributed by atoms with Crippen LogP contribution in [0.3, 0.4) is 0 Å². The Morgan fingerprint density at radius 2 is 2.31 bits per heavy atom. The molecule has 1 aliphatic heterocycles. The van der Waals surface area contributed by atoms with Crippen molar-refractivity contribution in [1.82, 2.24) is 14.9 Å². The van der Waals surface area contributed by atoms with Crippen LogP contribution in [0.2, 0.25) is 0 Å². The highest BCUT2D eigenvalue weighted by Gasteiger charge is 2.21. The van der Waals surface area contributed by atoms with E-state index in [-0.39, 0.29) is 29.9 Å². The Morgan fingerprint density at radius 3 is 3.00 bits per heavy atom. The molecule has 1 aromatic heterocycles. The third-order valence-electron chi connectivity index (χ3n) is 4.47. The van der Waals surface area contributed by atoms with Gasteiger partial charge in [-0.25, -0.2) is 9.78 Å². The minimum absolute atomic E-state index is 0.0574. The zero-order valence-corrected chi connectivity index (χ0v) is 16.8. The second kappa shape index (κ2) is 9.58. The molecule has 29 heavy (non-hydrogen) atoms. The van der Waals surface area contributed by atoms with Gasteiger partial charge in [0.1, 0.15) is 0 Å². The molecule has 9 heteroatoms. The largest absolute Gasteiger partial charge is 0.465 e. The van der Waals surface area contributed by atoms with Crippen LogP contribution in [-0.2, 0) is 20.8 Å². The highest BCUT2D eigenvalue weighted by atomic mass is 32.2. The number of amides is 1. The van der Waals surface area contributed by atoms with Crippen molar-refractivity contribution < 1.29 is 19.1 Å². The summed E-state index contributed by atoms with van der Waals surface area (Å²) in [5.74, 6) is 1.63. The van der Waals surface area contributed by atoms with Gasteiger partial charge in [-0.05, 0) is 31.0 Å². The lowest BCUT2D eigenvalue weighted by Crippen LogP contribution is -2.30. The van der Waals surface area contributed by atoms with Crippen molar-refractivity contribution in [3.63, 3.8) is 0 Å². The number of terminal acetylenes is 1. The van der Waals surface area contributed by atoms with E-state index in [1.165, 1.54) is 23.8 Å². The molecule has 2 aromatic rings. The number of fused-ring (bicyclic) bond motifs is 1. The number of hydrogen-bond acceptors (Lipinski definition) is 7. The molecule has 1 fully saturated rings. The van der Waals surface area contributed by atoms with Gasteiger partial charge < -0.3 is 14.8 Å². The van der Waals surface area contributed by atoms with Gasteiger partial charge in [0, 0.05) is 6.61 Å². The van der Waals surface area contributed by atoms with Gasteiger partial charge in [-0.3, -0.25) is 14.2 Å². The van der Waals surface area contributed by atoms with Crippen molar-refractivity contribution in [2.75, 3.05) is 26.0 Å². The van der Waals surface area contributed by atoms with Crippen LogP contribution in [0.1, 0.15) is 23.2 Å². The third-order valence-corrected chi connectivity index (χ3v) is 5.45. The number of nitrogens with one attached hydrogen (secondary N) is 1. The van der Waals surface area contributed by atoms with Crippen molar-refractivity contribution in [2.24, 2.45) is 0 Å². The molecule has 8 nitrogen and oxygen atoms in total. The van der Waals surface area contributed by atoms with Crippen molar-refractivity contribution in [2.45, 2.75) is 30.6 Å². The number of thioether (sulfide) groups is 1. The van der Waals surface area contributed by atoms with Crippen LogP contribution < -0.4 is 10.9 Å². The summed E-state index contributed by atoms with van der Waals surface area (Å²) in [4.78, 5) is 41.4. The van der Waals surface area contributed by atoms with Crippen molar-refractivity contribution >= 4 is 34.5 Å². The second-order valence-corrected chi connectivity index (χ2v) is 7.38. The smallest absolute Gasteiger partial charge is 0.337 e. The molecule has 1 amide bonds. The molecule has 0 unspecified atom stereocenters.